The van der Waals surface area contributed by atoms with Crippen LogP contribution in [0.25, 0.3) is 0 Å². The molecule has 0 saturated heterocycles. The number of halogens is 2. The summed E-state index contributed by atoms with van der Waals surface area (Å²) in [5.41, 5.74) is 0.854. The summed E-state index contributed by atoms with van der Waals surface area (Å²) >= 11 is 3.48. The summed E-state index contributed by atoms with van der Waals surface area (Å²) in [7, 11) is 0. The Morgan fingerprint density at radius 3 is 2.65 bits per heavy atom. The number of fused-ring (bicyclic) bond motifs is 1. The molecule has 0 radical (unpaired) electrons. The van der Waals surface area contributed by atoms with Crippen LogP contribution >= 0.6 is 15.9 Å². The van der Waals surface area contributed by atoms with Gasteiger partial charge in [0, 0.05) is 16.1 Å². The summed E-state index contributed by atoms with van der Waals surface area (Å²) in [6, 6.07) is 5.54. The average Bonchev–Trinajstić information content (AvgIpc) is 3.17. The third kappa shape index (κ3) is 2.80. The molecule has 3 heteroatoms. The smallest absolute Gasteiger partial charge is 0.128 e. The average molecular weight is 340 g/mol. The first kappa shape index (κ1) is 14.5. The van der Waals surface area contributed by atoms with E-state index in [1.54, 1.807) is 12.1 Å². The molecular weight excluding hydrogens is 317 g/mol. The molecule has 3 atom stereocenters. The van der Waals surface area contributed by atoms with Crippen LogP contribution in [0.1, 0.15) is 50.6 Å². The fourth-order valence-corrected chi connectivity index (χ4v) is 4.43. The number of nitrogens with one attached hydrogen (secondary N) is 1. The fourth-order valence-electron chi connectivity index (χ4n) is 4.05. The van der Waals surface area contributed by atoms with Gasteiger partial charge < -0.3 is 5.32 Å². The summed E-state index contributed by atoms with van der Waals surface area (Å²) in [6.07, 6.45) is 6.50. The van der Waals surface area contributed by atoms with E-state index in [9.17, 15) is 4.39 Å². The Hall–Kier alpha value is -0.410. The van der Waals surface area contributed by atoms with Gasteiger partial charge in [-0.3, -0.25) is 0 Å². The maximum Gasteiger partial charge on any atom is 0.128 e. The van der Waals surface area contributed by atoms with Crippen LogP contribution in [0.5, 0.6) is 0 Å². The largest absolute Gasteiger partial charge is 0.310 e. The zero-order valence-corrected chi connectivity index (χ0v) is 13.6. The second kappa shape index (κ2) is 6.15. The second-order valence-corrected chi connectivity index (χ2v) is 7.20. The Morgan fingerprint density at radius 2 is 2.00 bits per heavy atom. The molecule has 0 spiro atoms. The van der Waals surface area contributed by atoms with Gasteiger partial charge in [0.25, 0.3) is 0 Å². The van der Waals surface area contributed by atoms with E-state index in [1.165, 1.54) is 25.7 Å². The monoisotopic (exact) mass is 339 g/mol. The molecule has 110 valence electrons. The SMILES string of the molecule is CCCNC(c1cc(Br)ccc1F)C1C2CCCCC21. The molecule has 0 aliphatic heterocycles. The summed E-state index contributed by atoms with van der Waals surface area (Å²) in [4.78, 5) is 0. The van der Waals surface area contributed by atoms with Crippen molar-refractivity contribution in [2.75, 3.05) is 6.54 Å². The van der Waals surface area contributed by atoms with Gasteiger partial charge >= 0.3 is 0 Å². The predicted molar refractivity (Wildman–Crippen MR) is 84.1 cm³/mol. The normalized spacial score (nSPS) is 29.9. The second-order valence-electron chi connectivity index (χ2n) is 6.29. The molecule has 1 aromatic carbocycles. The lowest BCUT2D eigenvalue weighted by Crippen LogP contribution is -2.26. The molecule has 2 saturated carbocycles. The molecule has 0 heterocycles. The first-order chi connectivity index (χ1) is 9.72. The molecule has 2 fully saturated rings. The Labute approximate surface area is 129 Å². The zero-order valence-electron chi connectivity index (χ0n) is 12.0. The van der Waals surface area contributed by atoms with Crippen LogP contribution in [-0.2, 0) is 0 Å². The first-order valence-corrected chi connectivity index (χ1v) is 8.70. The fraction of sp³-hybridized carbons (Fsp3) is 0.647. The van der Waals surface area contributed by atoms with E-state index >= 15 is 0 Å². The molecule has 0 bridgehead atoms. The van der Waals surface area contributed by atoms with E-state index < -0.39 is 0 Å². The van der Waals surface area contributed by atoms with Crippen LogP contribution in [-0.4, -0.2) is 6.54 Å². The molecular formula is C17H23BrFN. The molecule has 1 aromatic rings. The van der Waals surface area contributed by atoms with Gasteiger partial charge in [0.15, 0.2) is 0 Å². The quantitative estimate of drug-likeness (QED) is 0.789. The number of rotatable bonds is 5. The van der Waals surface area contributed by atoms with Crippen molar-refractivity contribution < 1.29 is 4.39 Å². The van der Waals surface area contributed by atoms with Gasteiger partial charge in [-0.2, -0.15) is 0 Å². The van der Waals surface area contributed by atoms with Gasteiger partial charge in [0.05, 0.1) is 0 Å². The van der Waals surface area contributed by atoms with Crippen molar-refractivity contribution in [1.82, 2.24) is 5.32 Å². The summed E-state index contributed by atoms with van der Waals surface area (Å²) < 4.78 is 15.2. The van der Waals surface area contributed by atoms with Crippen LogP contribution in [0.3, 0.4) is 0 Å². The van der Waals surface area contributed by atoms with Crippen LogP contribution < -0.4 is 5.32 Å². The Kier molecular flexibility index (Phi) is 4.46. The number of hydrogen-bond donors (Lipinski definition) is 1. The molecule has 1 N–H and O–H groups in total. The lowest BCUT2D eigenvalue weighted by molar-refractivity contribution is 0.427. The Balaban J connectivity index is 1.84. The van der Waals surface area contributed by atoms with Crippen molar-refractivity contribution in [2.24, 2.45) is 17.8 Å². The third-order valence-corrected chi connectivity index (χ3v) is 5.51. The van der Waals surface area contributed by atoms with E-state index in [0.29, 0.717) is 5.92 Å². The van der Waals surface area contributed by atoms with Gasteiger partial charge in [0.2, 0.25) is 0 Å². The highest BCUT2D eigenvalue weighted by Crippen LogP contribution is 2.60. The maximum atomic E-state index is 14.3. The molecule has 0 aromatic heterocycles. The molecule has 0 amide bonds. The van der Waals surface area contributed by atoms with Gasteiger partial charge in [-0.15, -0.1) is 0 Å². The third-order valence-electron chi connectivity index (χ3n) is 5.02. The van der Waals surface area contributed by atoms with E-state index in [0.717, 1.165) is 34.8 Å². The highest BCUT2D eigenvalue weighted by Gasteiger charge is 2.54. The minimum atomic E-state index is -0.0644. The van der Waals surface area contributed by atoms with Crippen LogP contribution in [0, 0.1) is 23.6 Å². The highest BCUT2D eigenvalue weighted by molar-refractivity contribution is 9.10. The number of benzene rings is 1. The van der Waals surface area contributed by atoms with Crippen LogP contribution in [0.4, 0.5) is 4.39 Å². The van der Waals surface area contributed by atoms with E-state index in [-0.39, 0.29) is 11.9 Å². The first-order valence-electron chi connectivity index (χ1n) is 7.90. The predicted octanol–water partition coefficient (Wildman–Crippen LogP) is 5.07. The summed E-state index contributed by atoms with van der Waals surface area (Å²) in [5.74, 6) is 2.24. The molecule has 2 aliphatic carbocycles. The molecule has 2 aliphatic rings. The minimum absolute atomic E-state index is 0.0644. The van der Waals surface area contributed by atoms with E-state index in [1.807, 2.05) is 6.07 Å². The summed E-state index contributed by atoms with van der Waals surface area (Å²) in [5, 5.41) is 3.61. The lowest BCUT2D eigenvalue weighted by atomic mass is 9.99. The topological polar surface area (TPSA) is 12.0 Å². The van der Waals surface area contributed by atoms with Gasteiger partial charge in [-0.05, 0) is 61.8 Å². The number of hydrogen-bond acceptors (Lipinski definition) is 1. The minimum Gasteiger partial charge on any atom is -0.310 e. The maximum absolute atomic E-state index is 14.3. The zero-order chi connectivity index (χ0) is 14.1. The Morgan fingerprint density at radius 1 is 1.30 bits per heavy atom. The molecule has 3 rings (SSSR count). The molecule has 20 heavy (non-hydrogen) atoms. The lowest BCUT2D eigenvalue weighted by Gasteiger charge is -2.20. The van der Waals surface area contributed by atoms with Crippen molar-refractivity contribution in [3.05, 3.63) is 34.1 Å². The van der Waals surface area contributed by atoms with Crippen molar-refractivity contribution >= 4 is 15.9 Å². The van der Waals surface area contributed by atoms with E-state index in [4.69, 9.17) is 0 Å². The van der Waals surface area contributed by atoms with Crippen LogP contribution in [0.2, 0.25) is 0 Å². The Bertz CT molecular complexity index is 464. The van der Waals surface area contributed by atoms with Crippen molar-refractivity contribution in [3.8, 4) is 0 Å². The van der Waals surface area contributed by atoms with Crippen molar-refractivity contribution in [1.29, 1.82) is 0 Å². The van der Waals surface area contributed by atoms with Gasteiger partial charge in [-0.1, -0.05) is 35.7 Å². The van der Waals surface area contributed by atoms with Gasteiger partial charge in [-0.25, -0.2) is 4.39 Å². The molecule has 1 nitrogen and oxygen atoms in total. The summed E-state index contributed by atoms with van der Waals surface area (Å²) in [6.45, 7) is 3.13. The standard InChI is InChI=1S/C17H23BrFN/c1-2-9-20-17(14-10-11(18)7-8-15(14)19)16-12-5-3-4-6-13(12)16/h7-8,10,12-13,16-17,20H,2-6,9H2,1H3. The van der Waals surface area contributed by atoms with Gasteiger partial charge in [0.1, 0.15) is 5.82 Å². The van der Waals surface area contributed by atoms with Crippen molar-refractivity contribution in [3.63, 3.8) is 0 Å². The van der Waals surface area contributed by atoms with E-state index in [2.05, 4.69) is 28.2 Å². The highest BCUT2D eigenvalue weighted by atomic mass is 79.9. The van der Waals surface area contributed by atoms with Crippen LogP contribution in [0.15, 0.2) is 22.7 Å². The molecule has 3 unspecified atom stereocenters. The van der Waals surface area contributed by atoms with Crippen molar-refractivity contribution in [2.45, 2.75) is 45.1 Å².